The van der Waals surface area contributed by atoms with Crippen LogP contribution < -0.4 is 14.4 Å². The lowest BCUT2D eigenvalue weighted by atomic mass is 9.90. The summed E-state index contributed by atoms with van der Waals surface area (Å²) < 4.78 is 10.6. The van der Waals surface area contributed by atoms with Crippen LogP contribution in [0.1, 0.15) is 17.5 Å². The van der Waals surface area contributed by atoms with Crippen molar-refractivity contribution in [3.63, 3.8) is 0 Å². The molecule has 0 bridgehead atoms. The second-order valence-electron chi connectivity index (χ2n) is 6.33. The van der Waals surface area contributed by atoms with Crippen LogP contribution >= 0.6 is 0 Å². The number of fused-ring (bicyclic) bond motifs is 2. The second-order valence-corrected chi connectivity index (χ2v) is 6.33. The summed E-state index contributed by atoms with van der Waals surface area (Å²) in [6.45, 7) is 0.184. The summed E-state index contributed by atoms with van der Waals surface area (Å²) in [4.78, 5) is 26.3. The zero-order valence-corrected chi connectivity index (χ0v) is 14.1. The van der Waals surface area contributed by atoms with Gasteiger partial charge in [-0.3, -0.25) is 9.59 Å². The number of nitrogens with zero attached hydrogens (tertiary/aromatic N) is 1. The van der Waals surface area contributed by atoms with Gasteiger partial charge in [0, 0.05) is 12.6 Å². The molecule has 2 aliphatic heterocycles. The second kappa shape index (κ2) is 6.00. The number of rotatable bonds is 4. The van der Waals surface area contributed by atoms with Crippen LogP contribution in [0.4, 0.5) is 5.69 Å². The highest BCUT2D eigenvalue weighted by molar-refractivity contribution is 6.09. The molecule has 2 aromatic carbocycles. The molecule has 2 heterocycles. The summed E-state index contributed by atoms with van der Waals surface area (Å²) >= 11 is 0. The number of allylic oxidation sites excluding steroid dienone is 1. The minimum Gasteiger partial charge on any atom is -0.454 e. The van der Waals surface area contributed by atoms with Gasteiger partial charge in [0.1, 0.15) is 0 Å². The van der Waals surface area contributed by atoms with Gasteiger partial charge in [0.15, 0.2) is 22.9 Å². The van der Waals surface area contributed by atoms with Gasteiger partial charge in [-0.2, -0.15) is 0 Å². The first kappa shape index (κ1) is 16.4. The minimum atomic E-state index is -1.83. The summed E-state index contributed by atoms with van der Waals surface area (Å²) in [5.41, 5.74) is 0.0107. The highest BCUT2D eigenvalue weighted by Gasteiger charge is 2.49. The van der Waals surface area contributed by atoms with Crippen molar-refractivity contribution < 1.29 is 24.2 Å². The van der Waals surface area contributed by atoms with E-state index in [1.165, 1.54) is 11.0 Å². The fourth-order valence-corrected chi connectivity index (χ4v) is 3.31. The van der Waals surface area contributed by atoms with Crippen molar-refractivity contribution in [3.05, 3.63) is 59.7 Å². The number of hydrogen-bond acceptors (Lipinski definition) is 5. The van der Waals surface area contributed by atoms with E-state index in [0.29, 0.717) is 22.7 Å². The van der Waals surface area contributed by atoms with E-state index in [1.807, 2.05) is 0 Å². The third-order valence-electron chi connectivity index (χ3n) is 4.66. The van der Waals surface area contributed by atoms with E-state index in [1.54, 1.807) is 55.6 Å². The average molecular weight is 351 g/mol. The van der Waals surface area contributed by atoms with E-state index in [-0.39, 0.29) is 19.0 Å². The summed E-state index contributed by atoms with van der Waals surface area (Å²) in [5.74, 6) is 0.450. The predicted molar refractivity (Wildman–Crippen MR) is 95.0 cm³/mol. The van der Waals surface area contributed by atoms with Gasteiger partial charge in [0.25, 0.3) is 5.91 Å². The van der Waals surface area contributed by atoms with Gasteiger partial charge < -0.3 is 19.5 Å². The van der Waals surface area contributed by atoms with E-state index < -0.39 is 11.5 Å². The molecule has 4 rings (SSSR count). The quantitative estimate of drug-likeness (QED) is 0.855. The average Bonchev–Trinajstić information content (AvgIpc) is 3.18. The molecule has 6 nitrogen and oxygen atoms in total. The molecule has 0 saturated heterocycles. The Labute approximate surface area is 150 Å². The molecule has 1 N–H and O–H groups in total. The highest BCUT2D eigenvalue weighted by atomic mass is 16.7. The first-order valence-electron chi connectivity index (χ1n) is 8.20. The maximum Gasteiger partial charge on any atom is 0.263 e. The first-order chi connectivity index (χ1) is 12.5. The third-order valence-corrected chi connectivity index (χ3v) is 4.66. The van der Waals surface area contributed by atoms with Gasteiger partial charge in [-0.1, -0.05) is 30.3 Å². The van der Waals surface area contributed by atoms with Crippen LogP contribution in [0.2, 0.25) is 0 Å². The van der Waals surface area contributed by atoms with Crippen molar-refractivity contribution in [2.75, 3.05) is 18.7 Å². The molecular formula is C20H17NO5. The number of ketones is 1. The van der Waals surface area contributed by atoms with E-state index in [4.69, 9.17) is 9.47 Å². The molecular weight excluding hydrogens is 334 g/mol. The Morgan fingerprint density at radius 2 is 2.00 bits per heavy atom. The Balaban J connectivity index is 1.54. The number of likely N-dealkylation sites (N-methyl/N-ethyl adjacent to an activating group) is 1. The highest BCUT2D eigenvalue weighted by Crippen LogP contribution is 2.41. The largest absolute Gasteiger partial charge is 0.454 e. The number of carbonyl (C=O) groups excluding carboxylic acids is 2. The molecule has 0 fully saturated rings. The van der Waals surface area contributed by atoms with Gasteiger partial charge in [-0.05, 0) is 29.8 Å². The molecule has 0 aliphatic carbocycles. The summed E-state index contributed by atoms with van der Waals surface area (Å²) in [5, 5.41) is 10.9. The van der Waals surface area contributed by atoms with E-state index in [0.717, 1.165) is 5.56 Å². The predicted octanol–water partition coefficient (Wildman–Crippen LogP) is 2.25. The van der Waals surface area contributed by atoms with Crippen LogP contribution in [-0.4, -0.2) is 30.6 Å². The third kappa shape index (κ3) is 2.55. The zero-order chi connectivity index (χ0) is 18.3. The number of carbonyl (C=O) groups is 2. The van der Waals surface area contributed by atoms with Crippen molar-refractivity contribution in [1.82, 2.24) is 0 Å². The number of amides is 1. The number of hydrogen-bond donors (Lipinski definition) is 1. The van der Waals surface area contributed by atoms with Crippen molar-refractivity contribution >= 4 is 23.5 Å². The molecule has 0 radical (unpaired) electrons. The SMILES string of the molecule is CN1C(=O)[C@@](O)(CC(=O)/C=C\c2ccc3c(c2)OCO3)c2ccccc21. The van der Waals surface area contributed by atoms with E-state index in [2.05, 4.69) is 0 Å². The van der Waals surface area contributed by atoms with Crippen molar-refractivity contribution in [1.29, 1.82) is 0 Å². The molecule has 2 aliphatic rings. The Morgan fingerprint density at radius 1 is 1.23 bits per heavy atom. The topological polar surface area (TPSA) is 76.1 Å². The molecule has 26 heavy (non-hydrogen) atoms. The Morgan fingerprint density at radius 3 is 2.85 bits per heavy atom. The summed E-state index contributed by atoms with van der Waals surface area (Å²) in [6.07, 6.45) is 2.68. The maximum absolute atomic E-state index is 12.5. The van der Waals surface area contributed by atoms with Gasteiger partial charge in [0.2, 0.25) is 6.79 Å². The fraction of sp³-hybridized carbons (Fsp3) is 0.200. The van der Waals surface area contributed by atoms with E-state index >= 15 is 0 Å². The number of anilines is 1. The van der Waals surface area contributed by atoms with Gasteiger partial charge in [-0.15, -0.1) is 0 Å². The number of ether oxygens (including phenoxy) is 2. The number of aliphatic hydroxyl groups is 1. The van der Waals surface area contributed by atoms with Crippen LogP contribution in [0.15, 0.2) is 48.5 Å². The lowest BCUT2D eigenvalue weighted by molar-refractivity contribution is -0.140. The van der Waals surface area contributed by atoms with Crippen molar-refractivity contribution in [2.24, 2.45) is 0 Å². The molecule has 132 valence electrons. The molecule has 0 spiro atoms. The molecule has 1 atom stereocenters. The monoisotopic (exact) mass is 351 g/mol. The zero-order valence-electron chi connectivity index (χ0n) is 14.1. The molecule has 0 aromatic heterocycles. The maximum atomic E-state index is 12.5. The smallest absolute Gasteiger partial charge is 0.263 e. The first-order valence-corrected chi connectivity index (χ1v) is 8.20. The Kier molecular flexibility index (Phi) is 3.77. The van der Waals surface area contributed by atoms with Gasteiger partial charge in [0.05, 0.1) is 12.1 Å². The normalized spacial score (nSPS) is 20.7. The van der Waals surface area contributed by atoms with E-state index in [9.17, 15) is 14.7 Å². The lowest BCUT2D eigenvalue weighted by Crippen LogP contribution is -2.40. The molecule has 6 heteroatoms. The molecule has 1 amide bonds. The van der Waals surface area contributed by atoms with Crippen molar-refractivity contribution in [3.8, 4) is 11.5 Å². The standard InChI is InChI=1S/C20H17NO5/c1-21-16-5-3-2-4-15(16)20(24,19(21)23)11-14(22)8-6-13-7-9-17-18(10-13)26-12-25-17/h2-10,24H,11-12H2,1H3/b8-6-/t20-/m1/s1. The molecule has 2 aromatic rings. The molecule has 0 unspecified atom stereocenters. The van der Waals surface area contributed by atoms with Crippen LogP contribution in [0.25, 0.3) is 6.08 Å². The Bertz CT molecular complexity index is 936. The number of benzene rings is 2. The van der Waals surface area contributed by atoms with Crippen LogP contribution in [-0.2, 0) is 15.2 Å². The van der Waals surface area contributed by atoms with Crippen LogP contribution in [0.3, 0.4) is 0 Å². The van der Waals surface area contributed by atoms with Gasteiger partial charge in [-0.25, -0.2) is 0 Å². The van der Waals surface area contributed by atoms with Gasteiger partial charge >= 0.3 is 0 Å². The lowest BCUT2D eigenvalue weighted by Gasteiger charge is -2.20. The molecule has 0 saturated carbocycles. The summed E-state index contributed by atoms with van der Waals surface area (Å²) in [6, 6.07) is 12.3. The number of para-hydroxylation sites is 1. The van der Waals surface area contributed by atoms with Crippen molar-refractivity contribution in [2.45, 2.75) is 12.0 Å². The fourth-order valence-electron chi connectivity index (χ4n) is 3.31. The summed E-state index contributed by atoms with van der Waals surface area (Å²) in [7, 11) is 1.59. The van der Waals surface area contributed by atoms with Crippen LogP contribution in [0, 0.1) is 0 Å². The van der Waals surface area contributed by atoms with Crippen LogP contribution in [0.5, 0.6) is 11.5 Å². The Hall–Kier alpha value is -3.12. The minimum absolute atomic E-state index is 0.184.